The average molecular weight is 220 g/mol. The fourth-order valence-corrected chi connectivity index (χ4v) is 4.63. The Morgan fingerprint density at radius 3 is 2.50 bits per heavy atom. The first-order valence-corrected chi connectivity index (χ1v) is 4.59. The first kappa shape index (κ1) is 4.53. The van der Waals surface area contributed by atoms with Crippen molar-refractivity contribution in [2.24, 2.45) is 17.8 Å². The van der Waals surface area contributed by atoms with Crippen molar-refractivity contribution in [2.75, 3.05) is 0 Å². The SMILES string of the molecule is IC12CCC3CC1[C@@H]32. The molecule has 0 N–H and O–H groups in total. The van der Waals surface area contributed by atoms with Gasteiger partial charge in [-0.2, -0.15) is 0 Å². The molecular weight excluding hydrogens is 211 g/mol. The van der Waals surface area contributed by atoms with Gasteiger partial charge in [-0.3, -0.25) is 0 Å². The number of alkyl halides is 1. The predicted molar refractivity (Wildman–Crippen MR) is 41.1 cm³/mol. The van der Waals surface area contributed by atoms with E-state index in [0.717, 1.165) is 3.42 Å². The summed E-state index contributed by atoms with van der Waals surface area (Å²) in [5, 5.41) is 0. The predicted octanol–water partition coefficient (Wildman–Crippen LogP) is 2.22. The summed E-state index contributed by atoms with van der Waals surface area (Å²) < 4.78 is 0.864. The number of hydrogen-bond donors (Lipinski definition) is 0. The van der Waals surface area contributed by atoms with E-state index in [-0.39, 0.29) is 0 Å². The lowest BCUT2D eigenvalue weighted by atomic mass is 9.82. The molecule has 3 saturated carbocycles. The van der Waals surface area contributed by atoms with Gasteiger partial charge < -0.3 is 0 Å². The van der Waals surface area contributed by atoms with Crippen molar-refractivity contribution in [1.82, 2.24) is 0 Å². The van der Waals surface area contributed by atoms with E-state index in [2.05, 4.69) is 22.6 Å². The molecule has 0 radical (unpaired) electrons. The maximum absolute atomic E-state index is 2.71. The summed E-state index contributed by atoms with van der Waals surface area (Å²) in [5.41, 5.74) is 0. The fraction of sp³-hybridized carbons (Fsp3) is 1.00. The molecule has 0 amide bonds. The third-order valence-electron chi connectivity index (χ3n) is 3.46. The zero-order chi connectivity index (χ0) is 5.35. The highest BCUT2D eigenvalue weighted by molar-refractivity contribution is 14.1. The molecule has 8 heavy (non-hydrogen) atoms. The van der Waals surface area contributed by atoms with Crippen LogP contribution < -0.4 is 0 Å². The first-order valence-electron chi connectivity index (χ1n) is 3.51. The van der Waals surface area contributed by atoms with Gasteiger partial charge in [-0.25, -0.2) is 0 Å². The fourth-order valence-electron chi connectivity index (χ4n) is 2.91. The van der Waals surface area contributed by atoms with Crippen LogP contribution in [-0.4, -0.2) is 3.42 Å². The van der Waals surface area contributed by atoms with Crippen LogP contribution >= 0.6 is 22.6 Å². The van der Waals surface area contributed by atoms with Crippen molar-refractivity contribution < 1.29 is 0 Å². The summed E-state index contributed by atoms with van der Waals surface area (Å²) in [6.45, 7) is 0. The molecular formula is C7H9I. The van der Waals surface area contributed by atoms with Gasteiger partial charge in [-0.15, -0.1) is 0 Å². The minimum absolute atomic E-state index is 0.864. The monoisotopic (exact) mass is 220 g/mol. The second-order valence-electron chi connectivity index (χ2n) is 3.59. The van der Waals surface area contributed by atoms with E-state index in [1.165, 1.54) is 17.8 Å². The second-order valence-corrected chi connectivity index (χ2v) is 5.60. The lowest BCUT2D eigenvalue weighted by Gasteiger charge is -2.23. The van der Waals surface area contributed by atoms with Crippen LogP contribution in [0.4, 0.5) is 0 Å². The van der Waals surface area contributed by atoms with Gasteiger partial charge in [0, 0.05) is 3.42 Å². The van der Waals surface area contributed by atoms with Gasteiger partial charge in [-0.05, 0) is 37.0 Å². The Morgan fingerprint density at radius 2 is 2.38 bits per heavy atom. The Labute approximate surface area is 63.2 Å². The minimum Gasteiger partial charge on any atom is -0.0782 e. The minimum atomic E-state index is 0.864. The van der Waals surface area contributed by atoms with Crippen LogP contribution in [0.5, 0.6) is 0 Å². The summed E-state index contributed by atoms with van der Waals surface area (Å²) >= 11 is 2.71. The molecule has 0 aromatic rings. The smallest absolute Gasteiger partial charge is 0.0287 e. The molecule has 3 aliphatic carbocycles. The molecule has 3 aliphatic rings. The van der Waals surface area contributed by atoms with Gasteiger partial charge in [0.2, 0.25) is 0 Å². The van der Waals surface area contributed by atoms with Crippen LogP contribution in [0.2, 0.25) is 0 Å². The van der Waals surface area contributed by atoms with Gasteiger partial charge in [0.05, 0.1) is 0 Å². The standard InChI is InChI=1S/C7H9I/c8-7-2-1-4-3-5(7)6(4)7/h4-6H,1-3H2/t4?,5?,6-,7?/m1/s1. The summed E-state index contributed by atoms with van der Waals surface area (Å²) in [6, 6.07) is 0. The van der Waals surface area contributed by atoms with Gasteiger partial charge in [0.15, 0.2) is 0 Å². The second kappa shape index (κ2) is 0.998. The highest BCUT2D eigenvalue weighted by atomic mass is 127. The van der Waals surface area contributed by atoms with Crippen LogP contribution in [0, 0.1) is 17.8 Å². The van der Waals surface area contributed by atoms with Crippen LogP contribution in [0.15, 0.2) is 0 Å². The molecule has 3 rings (SSSR count). The molecule has 0 bridgehead atoms. The summed E-state index contributed by atoms with van der Waals surface area (Å²) in [6.07, 6.45) is 4.70. The molecule has 0 heterocycles. The topological polar surface area (TPSA) is 0 Å². The number of halogens is 1. The first-order chi connectivity index (χ1) is 3.82. The Kier molecular flexibility index (Phi) is 0.565. The quantitative estimate of drug-likeness (QED) is 0.433. The van der Waals surface area contributed by atoms with E-state index >= 15 is 0 Å². The molecule has 3 unspecified atom stereocenters. The van der Waals surface area contributed by atoms with E-state index in [9.17, 15) is 0 Å². The van der Waals surface area contributed by atoms with Gasteiger partial charge in [0.25, 0.3) is 0 Å². The molecule has 44 valence electrons. The summed E-state index contributed by atoms with van der Waals surface area (Å²) in [7, 11) is 0. The van der Waals surface area contributed by atoms with E-state index < -0.39 is 0 Å². The summed E-state index contributed by atoms with van der Waals surface area (Å²) in [5.74, 6) is 3.60. The van der Waals surface area contributed by atoms with Crippen LogP contribution in [0.3, 0.4) is 0 Å². The van der Waals surface area contributed by atoms with Crippen molar-refractivity contribution in [3.8, 4) is 0 Å². The largest absolute Gasteiger partial charge is 0.0782 e. The van der Waals surface area contributed by atoms with Gasteiger partial charge in [0.1, 0.15) is 0 Å². The Balaban J connectivity index is 2.08. The van der Waals surface area contributed by atoms with Crippen molar-refractivity contribution >= 4 is 22.6 Å². The highest BCUT2D eigenvalue weighted by Gasteiger charge is 2.75. The molecule has 4 atom stereocenters. The van der Waals surface area contributed by atoms with Crippen molar-refractivity contribution in [2.45, 2.75) is 22.7 Å². The third-order valence-corrected chi connectivity index (χ3v) is 5.52. The maximum Gasteiger partial charge on any atom is 0.0287 e. The Hall–Kier alpha value is 0.730. The number of fused-ring (bicyclic) bond motifs is 1. The normalized spacial score (nSPS) is 73.9. The molecule has 0 aromatic carbocycles. The van der Waals surface area contributed by atoms with E-state index in [1.807, 2.05) is 0 Å². The molecule has 1 heteroatoms. The average Bonchev–Trinajstić information content (AvgIpc) is 1.92. The van der Waals surface area contributed by atoms with Crippen molar-refractivity contribution in [3.63, 3.8) is 0 Å². The lowest BCUT2D eigenvalue weighted by molar-refractivity contribution is 0.272. The lowest BCUT2D eigenvalue weighted by Crippen LogP contribution is -2.15. The van der Waals surface area contributed by atoms with Crippen LogP contribution in [0.1, 0.15) is 19.3 Å². The van der Waals surface area contributed by atoms with Crippen molar-refractivity contribution in [3.05, 3.63) is 0 Å². The van der Waals surface area contributed by atoms with Gasteiger partial charge in [-0.1, -0.05) is 22.6 Å². The maximum atomic E-state index is 2.71. The summed E-state index contributed by atoms with van der Waals surface area (Å²) in [4.78, 5) is 0. The molecule has 0 saturated heterocycles. The highest BCUT2D eigenvalue weighted by Crippen LogP contribution is 2.79. The zero-order valence-corrected chi connectivity index (χ0v) is 6.89. The Morgan fingerprint density at radius 1 is 1.50 bits per heavy atom. The Bertz CT molecular complexity index is 148. The van der Waals surface area contributed by atoms with E-state index in [4.69, 9.17) is 0 Å². The molecule has 0 aromatic heterocycles. The van der Waals surface area contributed by atoms with Crippen LogP contribution in [-0.2, 0) is 0 Å². The zero-order valence-electron chi connectivity index (χ0n) is 4.73. The van der Waals surface area contributed by atoms with Crippen molar-refractivity contribution in [1.29, 1.82) is 0 Å². The molecule has 0 aliphatic heterocycles. The van der Waals surface area contributed by atoms with Gasteiger partial charge >= 0.3 is 0 Å². The van der Waals surface area contributed by atoms with E-state index in [1.54, 1.807) is 19.3 Å². The third kappa shape index (κ3) is 0.268. The van der Waals surface area contributed by atoms with Crippen LogP contribution in [0.25, 0.3) is 0 Å². The molecule has 0 spiro atoms. The number of hydrogen-bond acceptors (Lipinski definition) is 0. The molecule has 0 nitrogen and oxygen atoms in total. The van der Waals surface area contributed by atoms with E-state index in [0.29, 0.717) is 0 Å². The molecule has 3 fully saturated rings. The number of rotatable bonds is 0.